The second-order valence-electron chi connectivity index (χ2n) is 4.20. The van der Waals surface area contributed by atoms with E-state index in [0.29, 0.717) is 9.93 Å². The minimum absolute atomic E-state index is 0.117. The van der Waals surface area contributed by atoms with E-state index in [-0.39, 0.29) is 17.2 Å². The molecular weight excluding hydrogens is 270 g/mol. The Morgan fingerprint density at radius 2 is 1.83 bits per heavy atom. The molecule has 1 aromatic rings. The lowest BCUT2D eigenvalue weighted by Crippen LogP contribution is -2.34. The van der Waals surface area contributed by atoms with Gasteiger partial charge in [0, 0.05) is 11.1 Å². The Morgan fingerprint density at radius 1 is 1.22 bits per heavy atom. The molecule has 18 heavy (non-hydrogen) atoms. The highest BCUT2D eigenvalue weighted by Gasteiger charge is 2.36. The van der Waals surface area contributed by atoms with Crippen molar-refractivity contribution in [1.29, 1.82) is 0 Å². The molecule has 1 aliphatic rings. The maximum Gasteiger partial charge on any atom is 0.293 e. The molecule has 1 heterocycles. The van der Waals surface area contributed by atoms with Gasteiger partial charge in [0.2, 0.25) is 0 Å². The van der Waals surface area contributed by atoms with Crippen LogP contribution in [0.5, 0.6) is 0 Å². The molecule has 0 unspecified atom stereocenters. The van der Waals surface area contributed by atoms with Crippen molar-refractivity contribution in [3.8, 4) is 0 Å². The smallest absolute Gasteiger partial charge is 0.268 e. The van der Waals surface area contributed by atoms with Crippen molar-refractivity contribution >= 4 is 40.6 Å². The number of halogens is 1. The summed E-state index contributed by atoms with van der Waals surface area (Å²) in [5.41, 5.74) is 0.855. The first-order valence-electron chi connectivity index (χ1n) is 5.51. The van der Waals surface area contributed by atoms with Crippen LogP contribution < -0.4 is 0 Å². The largest absolute Gasteiger partial charge is 0.293 e. The molecule has 0 aliphatic carbocycles. The minimum Gasteiger partial charge on any atom is -0.268 e. The molecule has 1 aromatic carbocycles. The Balaban J connectivity index is 2.28. The molecule has 1 aliphatic heterocycles. The molecule has 1 saturated heterocycles. The first kappa shape index (κ1) is 13.2. The number of carbonyl (C=O) groups excluding carboxylic acids is 2. The first-order chi connectivity index (χ1) is 8.49. The fourth-order valence-corrected chi connectivity index (χ4v) is 2.72. The standard InChI is InChI=1S/C13H12ClNO2S/c1-8(2)15-12(16)11(18-13(15)17)7-9-3-5-10(14)6-4-9/h3-8H,1-2H3/b11-7-. The highest BCUT2D eigenvalue weighted by Crippen LogP contribution is 2.33. The number of carbonyl (C=O) groups is 2. The quantitative estimate of drug-likeness (QED) is 0.774. The lowest BCUT2D eigenvalue weighted by atomic mass is 10.2. The lowest BCUT2D eigenvalue weighted by Gasteiger charge is -2.16. The summed E-state index contributed by atoms with van der Waals surface area (Å²) in [6.45, 7) is 3.64. The summed E-state index contributed by atoms with van der Waals surface area (Å²) < 4.78 is 0. The third-order valence-electron chi connectivity index (χ3n) is 2.51. The molecule has 0 aromatic heterocycles. The van der Waals surface area contributed by atoms with Gasteiger partial charge >= 0.3 is 0 Å². The SMILES string of the molecule is CC(C)N1C(=O)S/C(=C\c2ccc(Cl)cc2)C1=O. The molecule has 5 heteroatoms. The number of nitrogens with zero attached hydrogens (tertiary/aromatic N) is 1. The number of hydrogen-bond donors (Lipinski definition) is 0. The van der Waals surface area contributed by atoms with Crippen LogP contribution in [0.25, 0.3) is 6.08 Å². The van der Waals surface area contributed by atoms with Gasteiger partial charge in [-0.3, -0.25) is 14.5 Å². The van der Waals surface area contributed by atoms with Crippen LogP contribution in [0.3, 0.4) is 0 Å². The van der Waals surface area contributed by atoms with Crippen molar-refractivity contribution in [1.82, 2.24) is 4.90 Å². The van der Waals surface area contributed by atoms with Crippen molar-refractivity contribution in [3.05, 3.63) is 39.8 Å². The van der Waals surface area contributed by atoms with Gasteiger partial charge in [-0.2, -0.15) is 0 Å². The Labute approximate surface area is 115 Å². The van der Waals surface area contributed by atoms with Crippen LogP contribution in [0.1, 0.15) is 19.4 Å². The molecule has 0 N–H and O–H groups in total. The van der Waals surface area contributed by atoms with E-state index >= 15 is 0 Å². The van der Waals surface area contributed by atoms with Crippen LogP contribution in [-0.4, -0.2) is 22.1 Å². The van der Waals surface area contributed by atoms with Crippen LogP contribution in [-0.2, 0) is 4.79 Å². The average molecular weight is 282 g/mol. The molecule has 0 bridgehead atoms. The second-order valence-corrected chi connectivity index (χ2v) is 5.63. The molecule has 3 nitrogen and oxygen atoms in total. The van der Waals surface area contributed by atoms with E-state index in [1.54, 1.807) is 18.2 Å². The van der Waals surface area contributed by atoms with Crippen molar-refractivity contribution in [2.24, 2.45) is 0 Å². The molecule has 1 fully saturated rings. The van der Waals surface area contributed by atoms with Gasteiger partial charge in [-0.25, -0.2) is 0 Å². The van der Waals surface area contributed by atoms with E-state index in [4.69, 9.17) is 11.6 Å². The van der Waals surface area contributed by atoms with E-state index < -0.39 is 0 Å². The summed E-state index contributed by atoms with van der Waals surface area (Å²) in [6, 6.07) is 7.01. The van der Waals surface area contributed by atoms with Gasteiger partial charge in [0.25, 0.3) is 11.1 Å². The summed E-state index contributed by atoms with van der Waals surface area (Å²) in [6.07, 6.45) is 1.71. The zero-order valence-corrected chi connectivity index (χ0v) is 11.6. The van der Waals surface area contributed by atoms with E-state index in [2.05, 4.69) is 0 Å². The fourth-order valence-electron chi connectivity index (χ4n) is 1.64. The molecule has 2 amide bonds. The van der Waals surface area contributed by atoms with Crippen LogP contribution in [0.15, 0.2) is 29.2 Å². The Bertz CT molecular complexity index is 522. The Hall–Kier alpha value is -1.26. The summed E-state index contributed by atoms with van der Waals surface area (Å²) in [5.74, 6) is -0.227. The van der Waals surface area contributed by atoms with Gasteiger partial charge in [-0.05, 0) is 49.4 Å². The van der Waals surface area contributed by atoms with E-state index in [1.807, 2.05) is 26.0 Å². The monoisotopic (exact) mass is 281 g/mol. The predicted molar refractivity (Wildman–Crippen MR) is 74.4 cm³/mol. The summed E-state index contributed by atoms with van der Waals surface area (Å²) in [5, 5.41) is 0.428. The molecule has 0 saturated carbocycles. The van der Waals surface area contributed by atoms with Crippen LogP contribution in [0.2, 0.25) is 5.02 Å². The average Bonchev–Trinajstić information content (AvgIpc) is 2.57. The van der Waals surface area contributed by atoms with Gasteiger partial charge in [-0.1, -0.05) is 23.7 Å². The highest BCUT2D eigenvalue weighted by molar-refractivity contribution is 8.18. The molecular formula is C13H12ClNO2S. The Kier molecular flexibility index (Phi) is 3.78. The zero-order valence-electron chi connectivity index (χ0n) is 10.0. The maximum atomic E-state index is 12.0. The summed E-state index contributed by atoms with van der Waals surface area (Å²) in [7, 11) is 0. The van der Waals surface area contributed by atoms with Crippen molar-refractivity contribution in [2.45, 2.75) is 19.9 Å². The number of hydrogen-bond acceptors (Lipinski definition) is 3. The topological polar surface area (TPSA) is 37.4 Å². The molecule has 0 spiro atoms. The maximum absolute atomic E-state index is 12.0. The van der Waals surface area contributed by atoms with E-state index in [9.17, 15) is 9.59 Å². The predicted octanol–water partition coefficient (Wildman–Crippen LogP) is 3.78. The molecule has 0 atom stereocenters. The summed E-state index contributed by atoms with van der Waals surface area (Å²) in [4.78, 5) is 25.4. The molecule has 94 valence electrons. The lowest BCUT2D eigenvalue weighted by molar-refractivity contribution is -0.123. The zero-order chi connectivity index (χ0) is 13.3. The van der Waals surface area contributed by atoms with Gasteiger partial charge in [0.05, 0.1) is 4.91 Å². The van der Waals surface area contributed by atoms with Gasteiger partial charge in [0.15, 0.2) is 0 Å². The molecule has 2 rings (SSSR count). The van der Waals surface area contributed by atoms with E-state index in [1.165, 1.54) is 4.90 Å². The minimum atomic E-state index is -0.227. The number of thioether (sulfide) groups is 1. The third-order valence-corrected chi connectivity index (χ3v) is 3.64. The van der Waals surface area contributed by atoms with Crippen molar-refractivity contribution in [3.63, 3.8) is 0 Å². The van der Waals surface area contributed by atoms with Gasteiger partial charge in [0.1, 0.15) is 0 Å². The number of benzene rings is 1. The second kappa shape index (κ2) is 5.16. The van der Waals surface area contributed by atoms with E-state index in [0.717, 1.165) is 17.3 Å². The van der Waals surface area contributed by atoms with Crippen LogP contribution in [0, 0.1) is 0 Å². The third kappa shape index (κ3) is 2.60. The number of amides is 2. The fraction of sp³-hybridized carbons (Fsp3) is 0.231. The Morgan fingerprint density at radius 3 is 2.33 bits per heavy atom. The van der Waals surface area contributed by atoms with Crippen molar-refractivity contribution < 1.29 is 9.59 Å². The summed E-state index contributed by atoms with van der Waals surface area (Å²) >= 11 is 6.76. The highest BCUT2D eigenvalue weighted by atomic mass is 35.5. The first-order valence-corrected chi connectivity index (χ1v) is 6.71. The van der Waals surface area contributed by atoms with Gasteiger partial charge < -0.3 is 0 Å². The molecule has 0 radical (unpaired) electrons. The normalized spacial score (nSPS) is 18.2. The number of imide groups is 1. The number of rotatable bonds is 2. The van der Waals surface area contributed by atoms with Crippen LogP contribution in [0.4, 0.5) is 4.79 Å². The van der Waals surface area contributed by atoms with Crippen LogP contribution >= 0.6 is 23.4 Å². The van der Waals surface area contributed by atoms with Crippen molar-refractivity contribution in [2.75, 3.05) is 0 Å². The van der Waals surface area contributed by atoms with Gasteiger partial charge in [-0.15, -0.1) is 0 Å².